The maximum Gasteiger partial charge on any atom is 0.255 e. The van der Waals surface area contributed by atoms with Gasteiger partial charge < -0.3 is 10.4 Å². The number of benzene rings is 2. The third-order valence-corrected chi connectivity index (χ3v) is 4.82. The number of amides is 1. The zero-order valence-electron chi connectivity index (χ0n) is 14.9. The molecule has 0 unspecified atom stereocenters. The number of aliphatic hydroxyl groups excluding tert-OH is 1. The first-order valence-electron chi connectivity index (χ1n) is 8.87. The fraction of sp³-hybridized carbons (Fsp3) is 0.333. The van der Waals surface area contributed by atoms with Crippen LogP contribution < -0.4 is 5.32 Å². The summed E-state index contributed by atoms with van der Waals surface area (Å²) in [7, 11) is 0. The lowest BCUT2D eigenvalue weighted by atomic mass is 10.0. The lowest BCUT2D eigenvalue weighted by Crippen LogP contribution is -2.35. The molecule has 0 radical (unpaired) electrons. The van der Waals surface area contributed by atoms with E-state index in [9.17, 15) is 9.90 Å². The van der Waals surface area contributed by atoms with Crippen LogP contribution >= 0.6 is 0 Å². The third-order valence-electron chi connectivity index (χ3n) is 4.82. The van der Waals surface area contributed by atoms with E-state index < -0.39 is 0 Å². The van der Waals surface area contributed by atoms with Gasteiger partial charge in [0.2, 0.25) is 0 Å². The largest absolute Gasteiger partial charge is 0.393 e. The van der Waals surface area contributed by atoms with Crippen LogP contribution in [0, 0.1) is 18.3 Å². The highest BCUT2D eigenvalue weighted by Gasteiger charge is 2.18. The highest BCUT2D eigenvalue weighted by molar-refractivity contribution is 6.05. The minimum atomic E-state index is -0.194. The van der Waals surface area contributed by atoms with Gasteiger partial charge in [-0.25, -0.2) is 0 Å². The molecule has 26 heavy (non-hydrogen) atoms. The lowest BCUT2D eigenvalue weighted by Gasteiger charge is -2.30. The number of carbonyl (C=O) groups excluding carboxylic acids is 1. The average molecular weight is 349 g/mol. The number of likely N-dealkylation sites (tertiary alicyclic amines) is 1. The molecule has 1 aliphatic heterocycles. The van der Waals surface area contributed by atoms with E-state index in [1.807, 2.05) is 31.2 Å². The number of piperidine rings is 1. The Morgan fingerprint density at radius 1 is 1.27 bits per heavy atom. The smallest absolute Gasteiger partial charge is 0.255 e. The Morgan fingerprint density at radius 2 is 2.00 bits per heavy atom. The summed E-state index contributed by atoms with van der Waals surface area (Å²) in [6, 6.07) is 15.0. The highest BCUT2D eigenvalue weighted by Crippen LogP contribution is 2.21. The van der Waals surface area contributed by atoms with Crippen LogP contribution in [0.25, 0.3) is 0 Å². The van der Waals surface area contributed by atoms with Gasteiger partial charge in [-0.05, 0) is 55.2 Å². The minimum Gasteiger partial charge on any atom is -0.393 e. The minimum absolute atomic E-state index is 0.173. The van der Waals surface area contributed by atoms with Gasteiger partial charge in [0.25, 0.3) is 5.91 Å². The van der Waals surface area contributed by atoms with E-state index in [-0.39, 0.29) is 12.0 Å². The van der Waals surface area contributed by atoms with E-state index in [2.05, 4.69) is 16.3 Å². The normalized spacial score (nSPS) is 15.4. The van der Waals surface area contributed by atoms with Gasteiger partial charge in [0.15, 0.2) is 0 Å². The molecular formula is C21H23N3O2. The molecule has 0 spiro atoms. The van der Waals surface area contributed by atoms with Crippen LogP contribution in [-0.4, -0.2) is 35.1 Å². The summed E-state index contributed by atoms with van der Waals surface area (Å²) in [6.07, 6.45) is 1.39. The summed E-state index contributed by atoms with van der Waals surface area (Å²) in [5.74, 6) is -0.173. The molecule has 5 nitrogen and oxygen atoms in total. The average Bonchev–Trinajstić information content (AvgIpc) is 2.65. The van der Waals surface area contributed by atoms with Gasteiger partial charge in [-0.1, -0.05) is 18.2 Å². The van der Waals surface area contributed by atoms with Crippen LogP contribution in [0.4, 0.5) is 5.69 Å². The van der Waals surface area contributed by atoms with Crippen molar-refractivity contribution in [1.82, 2.24) is 4.90 Å². The van der Waals surface area contributed by atoms with Gasteiger partial charge in [-0.15, -0.1) is 0 Å². The number of nitriles is 1. The van der Waals surface area contributed by atoms with Gasteiger partial charge >= 0.3 is 0 Å². The molecule has 2 aromatic rings. The maximum absolute atomic E-state index is 12.7. The predicted octanol–water partition coefficient (Wildman–Crippen LogP) is 3.08. The molecule has 1 saturated heterocycles. The monoisotopic (exact) mass is 349 g/mol. The molecular weight excluding hydrogens is 326 g/mol. The number of nitrogens with zero attached hydrogens (tertiary/aromatic N) is 2. The molecule has 1 amide bonds. The summed E-state index contributed by atoms with van der Waals surface area (Å²) in [5.41, 5.74) is 3.76. The van der Waals surface area contributed by atoms with Crippen molar-refractivity contribution in [3.05, 3.63) is 64.7 Å². The van der Waals surface area contributed by atoms with Crippen LogP contribution in [0.1, 0.15) is 39.9 Å². The van der Waals surface area contributed by atoms with Crippen LogP contribution in [0.5, 0.6) is 0 Å². The van der Waals surface area contributed by atoms with E-state index >= 15 is 0 Å². The summed E-state index contributed by atoms with van der Waals surface area (Å²) in [4.78, 5) is 15.0. The second-order valence-corrected chi connectivity index (χ2v) is 6.76. The maximum atomic E-state index is 12.7. The molecule has 3 rings (SSSR count). The molecule has 1 aliphatic rings. The topological polar surface area (TPSA) is 76.4 Å². The standard InChI is InChI=1S/C21H23N3O2/c1-15-12-16(13-22)6-7-19(15)21(26)23-20-5-3-2-4-17(20)14-24-10-8-18(25)9-11-24/h2-7,12,18,25H,8-11,14H2,1H3,(H,23,26). The van der Waals surface area contributed by atoms with Gasteiger partial charge in [-0.3, -0.25) is 9.69 Å². The SMILES string of the molecule is Cc1cc(C#N)ccc1C(=O)Nc1ccccc1CN1CCC(O)CC1. The van der Waals surface area contributed by atoms with Crippen molar-refractivity contribution in [3.8, 4) is 6.07 Å². The molecule has 0 aromatic heterocycles. The van der Waals surface area contributed by atoms with E-state index in [0.717, 1.165) is 49.3 Å². The molecule has 5 heteroatoms. The van der Waals surface area contributed by atoms with Gasteiger partial charge in [0, 0.05) is 30.9 Å². The summed E-state index contributed by atoms with van der Waals surface area (Å²) < 4.78 is 0. The van der Waals surface area contributed by atoms with Crippen molar-refractivity contribution >= 4 is 11.6 Å². The Morgan fingerprint density at radius 3 is 2.69 bits per heavy atom. The second-order valence-electron chi connectivity index (χ2n) is 6.76. The molecule has 1 heterocycles. The second kappa shape index (κ2) is 8.13. The first-order chi connectivity index (χ1) is 12.6. The van der Waals surface area contributed by atoms with Gasteiger partial charge in [-0.2, -0.15) is 5.26 Å². The number of hydrogen-bond acceptors (Lipinski definition) is 4. The molecule has 0 bridgehead atoms. The van der Waals surface area contributed by atoms with E-state index in [0.29, 0.717) is 11.1 Å². The quantitative estimate of drug-likeness (QED) is 0.889. The molecule has 1 fully saturated rings. The van der Waals surface area contributed by atoms with E-state index in [4.69, 9.17) is 5.26 Å². The number of nitrogens with one attached hydrogen (secondary N) is 1. The summed E-state index contributed by atoms with van der Waals surface area (Å²) in [6.45, 7) is 4.30. The van der Waals surface area contributed by atoms with Crippen LogP contribution in [0.2, 0.25) is 0 Å². The van der Waals surface area contributed by atoms with Crippen molar-refractivity contribution in [2.45, 2.75) is 32.4 Å². The Hall–Kier alpha value is -2.68. The molecule has 2 N–H and O–H groups in total. The summed E-state index contributed by atoms with van der Waals surface area (Å²) >= 11 is 0. The Bertz CT molecular complexity index is 833. The predicted molar refractivity (Wildman–Crippen MR) is 101 cm³/mol. The number of carbonyl (C=O) groups is 1. The van der Waals surface area contributed by atoms with Crippen molar-refractivity contribution < 1.29 is 9.90 Å². The van der Waals surface area contributed by atoms with Crippen LogP contribution in [0.3, 0.4) is 0 Å². The van der Waals surface area contributed by atoms with Crippen molar-refractivity contribution in [2.75, 3.05) is 18.4 Å². The number of rotatable bonds is 4. The lowest BCUT2D eigenvalue weighted by molar-refractivity contribution is 0.0793. The molecule has 0 aliphatic carbocycles. The fourth-order valence-electron chi connectivity index (χ4n) is 3.28. The first-order valence-corrected chi connectivity index (χ1v) is 8.87. The molecule has 2 aromatic carbocycles. The van der Waals surface area contributed by atoms with Crippen molar-refractivity contribution in [1.29, 1.82) is 5.26 Å². The molecule has 0 atom stereocenters. The first kappa shape index (κ1) is 18.1. The van der Waals surface area contributed by atoms with Crippen molar-refractivity contribution in [2.24, 2.45) is 0 Å². The number of aryl methyl sites for hydroxylation is 1. The Balaban J connectivity index is 1.74. The Labute approximate surface area is 153 Å². The molecule has 134 valence electrons. The number of aliphatic hydroxyl groups is 1. The zero-order valence-corrected chi connectivity index (χ0v) is 14.9. The number of para-hydroxylation sites is 1. The Kier molecular flexibility index (Phi) is 5.67. The van der Waals surface area contributed by atoms with Gasteiger partial charge in [0.05, 0.1) is 17.7 Å². The zero-order chi connectivity index (χ0) is 18.5. The van der Waals surface area contributed by atoms with Crippen molar-refractivity contribution in [3.63, 3.8) is 0 Å². The number of hydrogen-bond donors (Lipinski definition) is 2. The number of anilines is 1. The molecule has 0 saturated carbocycles. The van der Waals surface area contributed by atoms with Gasteiger partial charge in [0.1, 0.15) is 0 Å². The summed E-state index contributed by atoms with van der Waals surface area (Å²) in [5, 5.41) is 21.6. The van der Waals surface area contributed by atoms with Crippen LogP contribution in [0.15, 0.2) is 42.5 Å². The fourth-order valence-corrected chi connectivity index (χ4v) is 3.28. The van der Waals surface area contributed by atoms with E-state index in [1.54, 1.807) is 18.2 Å². The third kappa shape index (κ3) is 4.29. The highest BCUT2D eigenvalue weighted by atomic mass is 16.3. The van der Waals surface area contributed by atoms with E-state index in [1.165, 1.54) is 0 Å². The van der Waals surface area contributed by atoms with Crippen LogP contribution in [-0.2, 0) is 6.54 Å².